The summed E-state index contributed by atoms with van der Waals surface area (Å²) in [4.78, 5) is 24.6. The van der Waals surface area contributed by atoms with Crippen LogP contribution >= 0.6 is 0 Å². The molecule has 1 aliphatic heterocycles. The first kappa shape index (κ1) is 13.6. The second kappa shape index (κ2) is 5.95. The van der Waals surface area contributed by atoms with Gasteiger partial charge in [-0.05, 0) is 37.0 Å². The van der Waals surface area contributed by atoms with Crippen molar-refractivity contribution in [3.63, 3.8) is 0 Å². The molecule has 0 aliphatic carbocycles. The number of aryl methyl sites for hydroxylation is 1. The number of hydrogen-bond acceptors (Lipinski definition) is 5. The number of pyridine rings is 1. The summed E-state index contributed by atoms with van der Waals surface area (Å²) in [5.41, 5.74) is 1.10. The first-order chi connectivity index (χ1) is 10.2. The lowest BCUT2D eigenvalue weighted by atomic mass is 10.1. The Morgan fingerprint density at radius 3 is 3.14 bits per heavy atom. The predicted molar refractivity (Wildman–Crippen MR) is 82.6 cm³/mol. The Hall–Kier alpha value is -2.37. The highest BCUT2D eigenvalue weighted by molar-refractivity contribution is 5.39. The molecule has 3 rings (SSSR count). The molecule has 2 N–H and O–H groups in total. The summed E-state index contributed by atoms with van der Waals surface area (Å²) in [5, 5.41) is 3.38. The van der Waals surface area contributed by atoms with Gasteiger partial charge in [-0.25, -0.2) is 9.97 Å². The van der Waals surface area contributed by atoms with Crippen LogP contribution in [0.5, 0.6) is 0 Å². The molecule has 0 bridgehead atoms. The molecule has 21 heavy (non-hydrogen) atoms. The van der Waals surface area contributed by atoms with Crippen molar-refractivity contribution in [2.45, 2.75) is 13.3 Å². The second-order valence-electron chi connectivity index (χ2n) is 5.47. The van der Waals surface area contributed by atoms with E-state index < -0.39 is 0 Å². The van der Waals surface area contributed by atoms with Crippen LogP contribution in [0.25, 0.3) is 0 Å². The van der Waals surface area contributed by atoms with Crippen molar-refractivity contribution in [3.8, 4) is 0 Å². The largest absolute Gasteiger partial charge is 0.370 e. The van der Waals surface area contributed by atoms with Gasteiger partial charge in [0.2, 0.25) is 0 Å². The SMILES string of the molecule is Cc1ccnc(NCC2CCN(c3cc(=O)[nH]cn3)C2)c1. The van der Waals surface area contributed by atoms with Gasteiger partial charge in [-0.1, -0.05) is 0 Å². The molecule has 110 valence electrons. The number of nitrogens with one attached hydrogen (secondary N) is 2. The molecular formula is C15H19N5O. The average Bonchev–Trinajstić information content (AvgIpc) is 2.94. The number of hydrogen-bond donors (Lipinski definition) is 2. The van der Waals surface area contributed by atoms with Crippen molar-refractivity contribution in [2.24, 2.45) is 5.92 Å². The summed E-state index contributed by atoms with van der Waals surface area (Å²) >= 11 is 0. The Morgan fingerprint density at radius 2 is 2.33 bits per heavy atom. The van der Waals surface area contributed by atoms with Crippen molar-refractivity contribution >= 4 is 11.6 Å². The van der Waals surface area contributed by atoms with Gasteiger partial charge < -0.3 is 15.2 Å². The molecule has 2 aromatic heterocycles. The van der Waals surface area contributed by atoms with E-state index in [0.29, 0.717) is 5.92 Å². The van der Waals surface area contributed by atoms with E-state index in [9.17, 15) is 4.79 Å². The third kappa shape index (κ3) is 3.39. The topological polar surface area (TPSA) is 73.9 Å². The smallest absolute Gasteiger partial charge is 0.252 e. The van der Waals surface area contributed by atoms with E-state index in [1.165, 1.54) is 11.9 Å². The maximum Gasteiger partial charge on any atom is 0.252 e. The molecule has 6 nitrogen and oxygen atoms in total. The van der Waals surface area contributed by atoms with Crippen molar-refractivity contribution in [1.29, 1.82) is 0 Å². The fourth-order valence-electron chi connectivity index (χ4n) is 2.62. The van der Waals surface area contributed by atoms with Gasteiger partial charge >= 0.3 is 0 Å². The van der Waals surface area contributed by atoms with Crippen LogP contribution in [0, 0.1) is 12.8 Å². The van der Waals surface area contributed by atoms with Crippen LogP contribution in [0.2, 0.25) is 0 Å². The molecule has 1 fully saturated rings. The second-order valence-corrected chi connectivity index (χ2v) is 5.47. The van der Waals surface area contributed by atoms with E-state index in [0.717, 1.165) is 37.7 Å². The minimum atomic E-state index is -0.106. The normalized spacial score (nSPS) is 18.0. The van der Waals surface area contributed by atoms with Crippen LogP contribution in [-0.4, -0.2) is 34.6 Å². The molecule has 0 radical (unpaired) electrons. The predicted octanol–water partition coefficient (Wildman–Crippen LogP) is 1.41. The molecule has 1 unspecified atom stereocenters. The number of H-pyrrole nitrogens is 1. The highest BCUT2D eigenvalue weighted by Gasteiger charge is 2.23. The molecule has 1 atom stereocenters. The Labute approximate surface area is 123 Å². The summed E-state index contributed by atoms with van der Waals surface area (Å²) in [6, 6.07) is 5.59. The van der Waals surface area contributed by atoms with Crippen LogP contribution in [0.1, 0.15) is 12.0 Å². The van der Waals surface area contributed by atoms with Crippen LogP contribution in [-0.2, 0) is 0 Å². The lowest BCUT2D eigenvalue weighted by Crippen LogP contribution is -2.24. The van der Waals surface area contributed by atoms with Crippen LogP contribution in [0.15, 0.2) is 35.5 Å². The van der Waals surface area contributed by atoms with E-state index in [1.807, 2.05) is 18.3 Å². The van der Waals surface area contributed by atoms with Gasteiger partial charge in [-0.15, -0.1) is 0 Å². The number of nitrogens with zero attached hydrogens (tertiary/aromatic N) is 3. The van der Waals surface area contributed by atoms with Gasteiger partial charge in [-0.3, -0.25) is 4.79 Å². The molecule has 0 saturated carbocycles. The molecular weight excluding hydrogens is 266 g/mol. The monoisotopic (exact) mass is 285 g/mol. The fourth-order valence-corrected chi connectivity index (χ4v) is 2.62. The van der Waals surface area contributed by atoms with Gasteiger partial charge in [-0.2, -0.15) is 0 Å². The Bertz CT molecular complexity index is 669. The lowest BCUT2D eigenvalue weighted by molar-refractivity contribution is 0.620. The summed E-state index contributed by atoms with van der Waals surface area (Å²) < 4.78 is 0. The summed E-state index contributed by atoms with van der Waals surface area (Å²) in [7, 11) is 0. The van der Waals surface area contributed by atoms with Crippen molar-refractivity contribution < 1.29 is 0 Å². The van der Waals surface area contributed by atoms with E-state index in [2.05, 4.69) is 32.1 Å². The number of aromatic amines is 1. The van der Waals surface area contributed by atoms with Crippen LogP contribution in [0.3, 0.4) is 0 Å². The molecule has 1 aliphatic rings. The van der Waals surface area contributed by atoms with Gasteiger partial charge in [0.1, 0.15) is 11.6 Å². The van der Waals surface area contributed by atoms with E-state index in [4.69, 9.17) is 0 Å². The Kier molecular flexibility index (Phi) is 3.85. The van der Waals surface area contributed by atoms with Crippen molar-refractivity contribution in [1.82, 2.24) is 15.0 Å². The van der Waals surface area contributed by atoms with Crippen molar-refractivity contribution in [3.05, 3.63) is 46.6 Å². The third-order valence-corrected chi connectivity index (χ3v) is 3.76. The Morgan fingerprint density at radius 1 is 1.43 bits per heavy atom. The molecule has 0 spiro atoms. The molecule has 2 aromatic rings. The molecule has 0 aromatic carbocycles. The lowest BCUT2D eigenvalue weighted by Gasteiger charge is -2.17. The van der Waals surface area contributed by atoms with Gasteiger partial charge in [0, 0.05) is 31.9 Å². The van der Waals surface area contributed by atoms with Gasteiger partial charge in [0.15, 0.2) is 0 Å². The maximum absolute atomic E-state index is 11.3. The minimum Gasteiger partial charge on any atom is -0.370 e. The minimum absolute atomic E-state index is 0.106. The van der Waals surface area contributed by atoms with Crippen molar-refractivity contribution in [2.75, 3.05) is 29.9 Å². The first-order valence-electron chi connectivity index (χ1n) is 7.17. The molecule has 6 heteroatoms. The number of anilines is 2. The fraction of sp³-hybridized carbons (Fsp3) is 0.400. The molecule has 0 amide bonds. The first-order valence-corrected chi connectivity index (χ1v) is 7.17. The summed E-state index contributed by atoms with van der Waals surface area (Å²) in [6.45, 7) is 4.79. The zero-order valence-corrected chi connectivity index (χ0v) is 12.0. The number of aromatic nitrogens is 3. The van der Waals surface area contributed by atoms with Gasteiger partial charge in [0.25, 0.3) is 5.56 Å². The quantitative estimate of drug-likeness (QED) is 0.888. The van der Waals surface area contributed by atoms with Crippen LogP contribution < -0.4 is 15.8 Å². The summed E-state index contributed by atoms with van der Waals surface area (Å²) in [6.07, 6.45) is 4.37. The highest BCUT2D eigenvalue weighted by atomic mass is 16.1. The van der Waals surface area contributed by atoms with Crippen LogP contribution in [0.4, 0.5) is 11.6 Å². The standard InChI is InChI=1S/C15H19N5O/c1-11-2-4-16-13(6-11)17-8-12-3-5-20(9-12)14-7-15(21)19-10-18-14/h2,4,6-7,10,12H,3,5,8-9H2,1H3,(H,16,17)(H,18,19,21). The van der Waals surface area contributed by atoms with E-state index in [1.54, 1.807) is 6.07 Å². The third-order valence-electron chi connectivity index (χ3n) is 3.76. The van der Waals surface area contributed by atoms with E-state index >= 15 is 0 Å². The average molecular weight is 285 g/mol. The molecule has 1 saturated heterocycles. The highest BCUT2D eigenvalue weighted by Crippen LogP contribution is 2.21. The van der Waals surface area contributed by atoms with Gasteiger partial charge in [0.05, 0.1) is 6.33 Å². The zero-order valence-electron chi connectivity index (χ0n) is 12.0. The zero-order chi connectivity index (χ0) is 14.7. The molecule has 3 heterocycles. The Balaban J connectivity index is 1.56. The van der Waals surface area contributed by atoms with E-state index in [-0.39, 0.29) is 5.56 Å². The summed E-state index contributed by atoms with van der Waals surface area (Å²) in [5.74, 6) is 2.21. The number of rotatable bonds is 4. The maximum atomic E-state index is 11.3.